The third-order valence-corrected chi connectivity index (χ3v) is 3.96. The Balaban J connectivity index is 2.00. The third kappa shape index (κ3) is 4.88. The molecule has 116 valence electrons. The van der Waals surface area contributed by atoms with Gasteiger partial charge in [0.25, 0.3) is 0 Å². The second-order valence-electron chi connectivity index (χ2n) is 5.65. The van der Waals surface area contributed by atoms with Crippen molar-refractivity contribution in [1.82, 2.24) is 0 Å². The van der Waals surface area contributed by atoms with Gasteiger partial charge in [0.15, 0.2) is 0 Å². The van der Waals surface area contributed by atoms with Gasteiger partial charge < -0.3 is 5.11 Å². The molecule has 4 heteroatoms. The van der Waals surface area contributed by atoms with Crippen molar-refractivity contribution in [3.8, 4) is 0 Å². The fourth-order valence-corrected chi connectivity index (χ4v) is 2.70. The summed E-state index contributed by atoms with van der Waals surface area (Å²) in [7, 11) is 0. The molecule has 0 heterocycles. The highest BCUT2D eigenvalue weighted by atomic mass is 19.4. The van der Waals surface area contributed by atoms with Crippen molar-refractivity contribution < 1.29 is 18.3 Å². The number of hydrogen-bond acceptors (Lipinski definition) is 1. The molecule has 1 nitrogen and oxygen atoms in total. The van der Waals surface area contributed by atoms with Crippen LogP contribution >= 0.6 is 0 Å². The van der Waals surface area contributed by atoms with Gasteiger partial charge in [0, 0.05) is 6.42 Å². The van der Waals surface area contributed by atoms with Crippen molar-refractivity contribution in [1.29, 1.82) is 0 Å². The molecule has 1 unspecified atom stereocenters. The van der Waals surface area contributed by atoms with Crippen molar-refractivity contribution in [3.63, 3.8) is 0 Å². The number of rotatable bonds is 3. The van der Waals surface area contributed by atoms with E-state index in [0.717, 1.165) is 49.0 Å². The molecule has 0 aromatic heterocycles. The zero-order valence-corrected chi connectivity index (χ0v) is 12.0. The molecule has 0 fully saturated rings. The first-order valence-electron chi connectivity index (χ1n) is 7.50. The average molecular weight is 298 g/mol. The van der Waals surface area contributed by atoms with Crippen LogP contribution in [0.3, 0.4) is 0 Å². The van der Waals surface area contributed by atoms with E-state index in [-0.39, 0.29) is 0 Å². The molecule has 0 saturated carbocycles. The number of allylic oxidation sites excluding steroid dienone is 1. The third-order valence-electron chi connectivity index (χ3n) is 3.96. The Morgan fingerprint density at radius 2 is 1.67 bits per heavy atom. The molecule has 1 aromatic rings. The Kier molecular flexibility index (Phi) is 5.45. The summed E-state index contributed by atoms with van der Waals surface area (Å²) in [6, 6.07) is 5.06. The number of benzene rings is 1. The van der Waals surface area contributed by atoms with E-state index in [1.807, 2.05) is 0 Å². The van der Waals surface area contributed by atoms with E-state index < -0.39 is 17.8 Å². The number of hydrogen-bond donors (Lipinski definition) is 1. The lowest BCUT2D eigenvalue weighted by Gasteiger charge is -2.18. The molecule has 1 N–H and O–H groups in total. The zero-order chi connectivity index (χ0) is 15.3. The standard InChI is InChI=1S/C17H21F3O/c18-17(19,20)15-10-8-13(9-11-15)12-16(21)14-6-4-2-1-3-5-7-14/h6,8-11,16,21H,1-5,7,12H2/b14-6+. The Hall–Kier alpha value is -1.29. The van der Waals surface area contributed by atoms with Crippen LogP contribution in [0.4, 0.5) is 13.2 Å². The van der Waals surface area contributed by atoms with Gasteiger partial charge in [-0.2, -0.15) is 13.2 Å². The lowest BCUT2D eigenvalue weighted by atomic mass is 9.93. The fraction of sp³-hybridized carbons (Fsp3) is 0.529. The summed E-state index contributed by atoms with van der Waals surface area (Å²) in [5, 5.41) is 10.3. The Morgan fingerprint density at radius 1 is 1.00 bits per heavy atom. The van der Waals surface area contributed by atoms with Crippen molar-refractivity contribution in [2.24, 2.45) is 0 Å². The first kappa shape index (κ1) is 16.1. The summed E-state index contributed by atoms with van der Waals surface area (Å²) in [6.07, 6.45) is 4.12. The van der Waals surface area contributed by atoms with Crippen molar-refractivity contribution in [2.75, 3.05) is 0 Å². The molecule has 1 aromatic carbocycles. The lowest BCUT2D eigenvalue weighted by molar-refractivity contribution is -0.137. The molecular weight excluding hydrogens is 277 g/mol. The summed E-state index contributed by atoms with van der Waals surface area (Å²) >= 11 is 0. The van der Waals surface area contributed by atoms with E-state index in [0.29, 0.717) is 6.42 Å². The quantitative estimate of drug-likeness (QED) is 0.788. The van der Waals surface area contributed by atoms with Crippen molar-refractivity contribution in [2.45, 2.75) is 57.2 Å². The average Bonchev–Trinajstić information content (AvgIpc) is 2.37. The van der Waals surface area contributed by atoms with Crippen molar-refractivity contribution >= 4 is 0 Å². The van der Waals surface area contributed by atoms with Crippen LogP contribution in [-0.2, 0) is 12.6 Å². The second-order valence-corrected chi connectivity index (χ2v) is 5.65. The summed E-state index contributed by atoms with van der Waals surface area (Å²) in [5.41, 5.74) is 1.12. The SMILES string of the molecule is OC(Cc1ccc(C(F)(F)F)cc1)/C1=C/CCCCCC1. The first-order chi connectivity index (χ1) is 9.97. The second kappa shape index (κ2) is 7.12. The predicted molar refractivity (Wildman–Crippen MR) is 76.9 cm³/mol. The number of halogens is 3. The Bertz CT molecular complexity index is 474. The minimum atomic E-state index is -4.31. The van der Waals surface area contributed by atoms with Crippen LogP contribution in [-0.4, -0.2) is 11.2 Å². The van der Waals surface area contributed by atoms with Gasteiger partial charge >= 0.3 is 6.18 Å². The van der Waals surface area contributed by atoms with Gasteiger partial charge in [0.05, 0.1) is 11.7 Å². The normalized spacial score (nSPS) is 21.0. The van der Waals surface area contributed by atoms with E-state index in [1.54, 1.807) is 0 Å². The molecular formula is C17H21F3O. The molecule has 1 aliphatic carbocycles. The molecule has 0 saturated heterocycles. The Morgan fingerprint density at radius 3 is 2.33 bits per heavy atom. The van der Waals surface area contributed by atoms with Crippen molar-refractivity contribution in [3.05, 3.63) is 47.0 Å². The van der Waals surface area contributed by atoms with Crippen LogP contribution in [0.5, 0.6) is 0 Å². The molecule has 21 heavy (non-hydrogen) atoms. The topological polar surface area (TPSA) is 20.2 Å². The first-order valence-corrected chi connectivity index (χ1v) is 7.50. The summed E-state index contributed by atoms with van der Waals surface area (Å²) in [4.78, 5) is 0. The molecule has 0 bridgehead atoms. The minimum Gasteiger partial charge on any atom is -0.388 e. The number of aliphatic hydroxyl groups is 1. The Labute approximate surface area is 123 Å². The van der Waals surface area contributed by atoms with E-state index in [9.17, 15) is 18.3 Å². The van der Waals surface area contributed by atoms with Gasteiger partial charge in [-0.15, -0.1) is 0 Å². The van der Waals surface area contributed by atoms with Crippen LogP contribution in [0.15, 0.2) is 35.9 Å². The van der Waals surface area contributed by atoms with Gasteiger partial charge in [0.1, 0.15) is 0 Å². The van der Waals surface area contributed by atoms with E-state index in [1.165, 1.54) is 25.0 Å². The number of aliphatic hydroxyl groups excluding tert-OH is 1. The maximum atomic E-state index is 12.5. The summed E-state index contributed by atoms with van der Waals surface area (Å²) < 4.78 is 37.5. The van der Waals surface area contributed by atoms with Crippen LogP contribution in [0.2, 0.25) is 0 Å². The van der Waals surface area contributed by atoms with Gasteiger partial charge in [-0.25, -0.2) is 0 Å². The van der Waals surface area contributed by atoms with E-state index in [2.05, 4.69) is 6.08 Å². The highest BCUT2D eigenvalue weighted by Crippen LogP contribution is 2.29. The van der Waals surface area contributed by atoms with Crippen LogP contribution < -0.4 is 0 Å². The smallest absolute Gasteiger partial charge is 0.388 e. The van der Waals surface area contributed by atoms with Gasteiger partial charge in [0.2, 0.25) is 0 Å². The molecule has 0 spiro atoms. The molecule has 1 atom stereocenters. The molecule has 0 amide bonds. The number of alkyl halides is 3. The van der Waals surface area contributed by atoms with Gasteiger partial charge in [-0.3, -0.25) is 0 Å². The van der Waals surface area contributed by atoms with Crippen LogP contribution in [0.1, 0.15) is 49.7 Å². The molecule has 2 rings (SSSR count). The monoisotopic (exact) mass is 298 g/mol. The molecule has 0 aliphatic heterocycles. The maximum Gasteiger partial charge on any atom is 0.416 e. The highest BCUT2D eigenvalue weighted by Gasteiger charge is 2.30. The summed E-state index contributed by atoms with van der Waals surface area (Å²) in [5.74, 6) is 0. The zero-order valence-electron chi connectivity index (χ0n) is 12.0. The largest absolute Gasteiger partial charge is 0.416 e. The van der Waals surface area contributed by atoms with Crippen LogP contribution in [0.25, 0.3) is 0 Å². The minimum absolute atomic E-state index is 0.379. The fourth-order valence-electron chi connectivity index (χ4n) is 2.70. The van der Waals surface area contributed by atoms with Gasteiger partial charge in [-0.1, -0.05) is 31.1 Å². The maximum absolute atomic E-state index is 12.5. The predicted octanol–water partition coefficient (Wildman–Crippen LogP) is 4.89. The molecule has 1 aliphatic rings. The van der Waals surface area contributed by atoms with Crippen LogP contribution in [0, 0.1) is 0 Å². The van der Waals surface area contributed by atoms with E-state index >= 15 is 0 Å². The van der Waals surface area contributed by atoms with E-state index in [4.69, 9.17) is 0 Å². The molecule has 0 radical (unpaired) electrons. The van der Waals surface area contributed by atoms with Gasteiger partial charge in [-0.05, 0) is 49.0 Å². The lowest BCUT2D eigenvalue weighted by Crippen LogP contribution is -2.15. The summed E-state index contributed by atoms with van der Waals surface area (Å²) in [6.45, 7) is 0. The highest BCUT2D eigenvalue weighted by molar-refractivity contribution is 5.26.